The van der Waals surface area contributed by atoms with Crippen LogP contribution in [-0.4, -0.2) is 16.1 Å². The Morgan fingerprint density at radius 1 is 1.09 bits per heavy atom. The maximum absolute atomic E-state index is 11.4. The number of hydrogen-bond acceptors (Lipinski definition) is 4. The van der Waals surface area contributed by atoms with E-state index in [0.717, 1.165) is 22.3 Å². The van der Waals surface area contributed by atoms with Crippen molar-refractivity contribution >= 4 is 34.7 Å². The zero-order valence-corrected chi connectivity index (χ0v) is 19.5. The first-order chi connectivity index (χ1) is 15.3. The van der Waals surface area contributed by atoms with E-state index in [1.165, 1.54) is 0 Å². The molecule has 0 aliphatic heterocycles. The van der Waals surface area contributed by atoms with E-state index in [4.69, 9.17) is 32.7 Å². The first-order valence-corrected chi connectivity index (χ1v) is 10.8. The van der Waals surface area contributed by atoms with Crippen molar-refractivity contribution in [2.75, 3.05) is 0 Å². The molecular weight excluding hydrogens is 449 g/mol. The maximum Gasteiger partial charge on any atom is 0.331 e. The topological polar surface area (TPSA) is 68.7 Å². The summed E-state index contributed by atoms with van der Waals surface area (Å²) in [6.45, 7) is 5.69. The van der Waals surface area contributed by atoms with Crippen LogP contribution in [0.1, 0.15) is 37.0 Å². The highest BCUT2D eigenvalue weighted by Crippen LogP contribution is 2.36. The molecule has 7 heteroatoms. The number of aromatic nitrogens is 1. The molecule has 5 nitrogen and oxygen atoms in total. The normalized spacial score (nSPS) is 11.7. The molecular formula is C25H23Cl2NO4. The Labute approximate surface area is 197 Å². The van der Waals surface area contributed by atoms with Crippen LogP contribution in [0.5, 0.6) is 17.4 Å². The number of hydrogen-bond donors (Lipinski definition) is 1. The molecule has 0 radical (unpaired) electrons. The second-order valence-electron chi connectivity index (χ2n) is 7.18. The smallest absolute Gasteiger partial charge is 0.331 e. The van der Waals surface area contributed by atoms with Gasteiger partial charge >= 0.3 is 5.97 Å². The summed E-state index contributed by atoms with van der Waals surface area (Å²) in [6.07, 6.45) is 2.14. The average Bonchev–Trinajstić information content (AvgIpc) is 2.77. The van der Waals surface area contributed by atoms with Crippen LogP contribution in [0.4, 0.5) is 0 Å². The van der Waals surface area contributed by atoms with E-state index in [2.05, 4.69) is 4.98 Å². The highest BCUT2D eigenvalue weighted by Gasteiger charge is 2.15. The van der Waals surface area contributed by atoms with Crippen LogP contribution in [0.25, 0.3) is 5.57 Å². The van der Waals surface area contributed by atoms with Gasteiger partial charge in [-0.25, -0.2) is 9.78 Å². The van der Waals surface area contributed by atoms with E-state index in [-0.39, 0.29) is 0 Å². The van der Waals surface area contributed by atoms with E-state index >= 15 is 0 Å². The molecule has 1 N–H and O–H groups in total. The molecule has 1 heterocycles. The van der Waals surface area contributed by atoms with Crippen LogP contribution in [0, 0.1) is 6.92 Å². The van der Waals surface area contributed by atoms with Gasteiger partial charge in [0, 0.05) is 22.2 Å². The number of rotatable bonds is 8. The standard InChI is InChI=1S/C25H23Cl2NO4/c1-4-20(16(3)25(29)30)18-11-15(2)24(22(27)12-18)32-23-10-9-19(13-28-23)31-14-17-7-5-6-8-21(17)26/h5-13H,4,14H2,1-3H3,(H,29,30). The van der Waals surface area contributed by atoms with Crippen LogP contribution in [0.3, 0.4) is 0 Å². The molecule has 0 bridgehead atoms. The van der Waals surface area contributed by atoms with Crippen molar-refractivity contribution in [2.24, 2.45) is 0 Å². The number of carboxylic acids is 1. The maximum atomic E-state index is 11.4. The highest BCUT2D eigenvalue weighted by molar-refractivity contribution is 6.32. The van der Waals surface area contributed by atoms with Gasteiger partial charge < -0.3 is 14.6 Å². The summed E-state index contributed by atoms with van der Waals surface area (Å²) in [4.78, 5) is 15.7. The number of halogens is 2. The molecule has 0 atom stereocenters. The molecule has 3 rings (SSSR count). The summed E-state index contributed by atoms with van der Waals surface area (Å²) in [5.41, 5.74) is 3.45. The Bertz CT molecular complexity index is 1130. The first kappa shape index (κ1) is 23.6. The number of benzene rings is 2. The number of carboxylic acid groups (broad SMARTS) is 1. The third-order valence-electron chi connectivity index (χ3n) is 4.97. The minimum Gasteiger partial charge on any atom is -0.487 e. The predicted octanol–water partition coefficient (Wildman–Crippen LogP) is 7.34. The molecule has 0 amide bonds. The Morgan fingerprint density at radius 3 is 2.44 bits per heavy atom. The lowest BCUT2D eigenvalue weighted by atomic mass is 9.96. The van der Waals surface area contributed by atoms with Gasteiger partial charge in [0.15, 0.2) is 5.75 Å². The zero-order chi connectivity index (χ0) is 23.3. The molecule has 0 aliphatic rings. The molecule has 2 aromatic carbocycles. The molecule has 3 aromatic rings. The van der Waals surface area contributed by atoms with Crippen molar-refractivity contribution in [3.63, 3.8) is 0 Å². The lowest BCUT2D eigenvalue weighted by molar-refractivity contribution is -0.132. The number of aryl methyl sites for hydroxylation is 1. The van der Waals surface area contributed by atoms with E-state index in [0.29, 0.717) is 46.0 Å². The lowest BCUT2D eigenvalue weighted by Crippen LogP contribution is -2.01. The Morgan fingerprint density at radius 2 is 1.84 bits per heavy atom. The summed E-state index contributed by atoms with van der Waals surface area (Å²) >= 11 is 12.6. The van der Waals surface area contributed by atoms with E-state index in [9.17, 15) is 9.90 Å². The fraction of sp³-hybridized carbons (Fsp3) is 0.200. The third-order valence-corrected chi connectivity index (χ3v) is 5.62. The van der Waals surface area contributed by atoms with Crippen LogP contribution in [0.2, 0.25) is 10.0 Å². The fourth-order valence-electron chi connectivity index (χ4n) is 3.24. The number of carbonyl (C=O) groups is 1. The summed E-state index contributed by atoms with van der Waals surface area (Å²) in [5, 5.41) is 10.4. The molecule has 0 aliphatic carbocycles. The van der Waals surface area contributed by atoms with E-state index < -0.39 is 5.97 Å². The Hall–Kier alpha value is -3.02. The van der Waals surface area contributed by atoms with Crippen LogP contribution in [-0.2, 0) is 11.4 Å². The van der Waals surface area contributed by atoms with Gasteiger partial charge in [-0.2, -0.15) is 0 Å². The van der Waals surface area contributed by atoms with Crippen LogP contribution in [0.15, 0.2) is 60.3 Å². The average molecular weight is 472 g/mol. The van der Waals surface area contributed by atoms with Crippen LogP contribution < -0.4 is 9.47 Å². The molecule has 0 saturated heterocycles. The predicted molar refractivity (Wildman–Crippen MR) is 127 cm³/mol. The number of aliphatic carboxylic acids is 1. The van der Waals surface area contributed by atoms with Crippen molar-refractivity contribution in [3.05, 3.63) is 87.0 Å². The number of nitrogens with zero attached hydrogens (tertiary/aromatic N) is 1. The minimum atomic E-state index is -0.947. The second-order valence-corrected chi connectivity index (χ2v) is 8.00. The van der Waals surface area contributed by atoms with Crippen molar-refractivity contribution < 1.29 is 19.4 Å². The second kappa shape index (κ2) is 10.5. The van der Waals surface area contributed by atoms with Gasteiger partial charge in [0.25, 0.3) is 0 Å². The largest absolute Gasteiger partial charge is 0.487 e. The molecule has 0 unspecified atom stereocenters. The van der Waals surface area contributed by atoms with Crippen molar-refractivity contribution in [1.82, 2.24) is 4.98 Å². The van der Waals surface area contributed by atoms with Gasteiger partial charge in [-0.1, -0.05) is 48.3 Å². The SMILES string of the molecule is CCC(=C(C)C(=O)O)c1cc(C)c(Oc2ccc(OCc3ccccc3Cl)cn2)c(Cl)c1. The van der Waals surface area contributed by atoms with Crippen LogP contribution >= 0.6 is 23.2 Å². The summed E-state index contributed by atoms with van der Waals surface area (Å²) < 4.78 is 11.6. The monoisotopic (exact) mass is 471 g/mol. The lowest BCUT2D eigenvalue weighted by Gasteiger charge is -2.15. The summed E-state index contributed by atoms with van der Waals surface area (Å²) in [5.74, 6) is 0.464. The first-order valence-electron chi connectivity index (χ1n) is 10.0. The highest BCUT2D eigenvalue weighted by atomic mass is 35.5. The Kier molecular flexibility index (Phi) is 7.78. The zero-order valence-electron chi connectivity index (χ0n) is 18.0. The quantitative estimate of drug-likeness (QED) is 0.348. The molecule has 0 fully saturated rings. The fourth-order valence-corrected chi connectivity index (χ4v) is 3.74. The van der Waals surface area contributed by atoms with Gasteiger partial charge in [-0.15, -0.1) is 0 Å². The van der Waals surface area contributed by atoms with Gasteiger partial charge in [0.2, 0.25) is 5.88 Å². The number of pyridine rings is 1. The van der Waals surface area contributed by atoms with Gasteiger partial charge in [0.05, 0.1) is 11.2 Å². The molecule has 0 saturated carbocycles. The van der Waals surface area contributed by atoms with Gasteiger partial charge in [-0.3, -0.25) is 0 Å². The number of ether oxygens (including phenoxy) is 2. The van der Waals surface area contributed by atoms with E-state index in [1.54, 1.807) is 31.3 Å². The minimum absolute atomic E-state index is 0.297. The molecule has 0 spiro atoms. The molecule has 1 aromatic heterocycles. The summed E-state index contributed by atoms with van der Waals surface area (Å²) in [7, 11) is 0. The van der Waals surface area contributed by atoms with E-state index in [1.807, 2.05) is 44.2 Å². The Balaban J connectivity index is 1.75. The van der Waals surface area contributed by atoms with Gasteiger partial charge in [0.1, 0.15) is 12.4 Å². The van der Waals surface area contributed by atoms with Crippen molar-refractivity contribution in [3.8, 4) is 17.4 Å². The third kappa shape index (κ3) is 5.61. The number of allylic oxidation sites excluding steroid dienone is 1. The molecule has 32 heavy (non-hydrogen) atoms. The van der Waals surface area contributed by atoms with Crippen molar-refractivity contribution in [1.29, 1.82) is 0 Å². The van der Waals surface area contributed by atoms with Crippen molar-refractivity contribution in [2.45, 2.75) is 33.8 Å². The molecule has 166 valence electrons. The summed E-state index contributed by atoms with van der Waals surface area (Å²) in [6, 6.07) is 14.5. The van der Waals surface area contributed by atoms with Gasteiger partial charge in [-0.05, 0) is 61.2 Å².